The first-order chi connectivity index (χ1) is 10.1. The summed E-state index contributed by atoms with van der Waals surface area (Å²) in [5, 5.41) is 1.73. The molecule has 6 heteroatoms. The molecule has 1 aliphatic rings. The number of amides is 2. The molecule has 0 N–H and O–H groups in total. The molecule has 0 radical (unpaired) electrons. The Labute approximate surface area is 138 Å². The first-order valence-electron chi connectivity index (χ1n) is 6.17. The smallest absolute Gasteiger partial charge is 0.268 e. The Hall–Kier alpha value is -1.37. The lowest BCUT2D eigenvalue weighted by Gasteiger charge is -2.12. The molecule has 1 saturated heterocycles. The van der Waals surface area contributed by atoms with Gasteiger partial charge in [0, 0.05) is 9.35 Å². The zero-order valence-corrected chi connectivity index (χ0v) is 14.0. The van der Waals surface area contributed by atoms with Gasteiger partial charge in [0.15, 0.2) is 0 Å². The van der Waals surface area contributed by atoms with E-state index in [1.54, 1.807) is 17.4 Å². The van der Waals surface area contributed by atoms with Crippen LogP contribution in [0.1, 0.15) is 10.4 Å². The molecule has 0 bridgehead atoms. The summed E-state index contributed by atoms with van der Waals surface area (Å²) in [7, 11) is 0. The van der Waals surface area contributed by atoms with Gasteiger partial charge in [-0.05, 0) is 47.0 Å². The molecule has 1 aliphatic heterocycles. The molecule has 2 amide bonds. The number of nitrogens with zero attached hydrogens (tertiary/aromatic N) is 1. The highest BCUT2D eigenvalue weighted by Crippen LogP contribution is 2.34. The Bertz CT molecular complexity index is 708. The van der Waals surface area contributed by atoms with E-state index < -0.39 is 0 Å². The van der Waals surface area contributed by atoms with Gasteiger partial charge in [0.1, 0.15) is 0 Å². The molecule has 21 heavy (non-hydrogen) atoms. The van der Waals surface area contributed by atoms with E-state index in [9.17, 15) is 9.59 Å². The van der Waals surface area contributed by atoms with Crippen molar-refractivity contribution in [2.45, 2.75) is 6.54 Å². The first kappa shape index (κ1) is 14.6. The van der Waals surface area contributed by atoms with Gasteiger partial charge >= 0.3 is 0 Å². The number of hydrogen-bond donors (Lipinski definition) is 0. The van der Waals surface area contributed by atoms with Crippen molar-refractivity contribution in [2.75, 3.05) is 0 Å². The number of hydrogen-bond acceptors (Lipinski definition) is 4. The number of rotatable bonds is 3. The van der Waals surface area contributed by atoms with Crippen LogP contribution in [-0.2, 0) is 11.3 Å². The summed E-state index contributed by atoms with van der Waals surface area (Å²) in [6, 6.07) is 11.4. The van der Waals surface area contributed by atoms with Crippen LogP contribution in [0, 0.1) is 0 Å². The van der Waals surface area contributed by atoms with E-state index in [1.807, 2.05) is 41.8 Å². The van der Waals surface area contributed by atoms with E-state index in [1.165, 1.54) is 4.90 Å². The Morgan fingerprint density at radius 1 is 1.14 bits per heavy atom. The number of carbonyl (C=O) groups excluding carboxylic acids is 2. The summed E-state index contributed by atoms with van der Waals surface area (Å²) in [5.41, 5.74) is 0.929. The number of halogens is 1. The van der Waals surface area contributed by atoms with E-state index in [0.29, 0.717) is 11.4 Å². The van der Waals surface area contributed by atoms with E-state index in [0.717, 1.165) is 26.7 Å². The van der Waals surface area contributed by atoms with Crippen molar-refractivity contribution >= 4 is 56.3 Å². The number of imide groups is 1. The van der Waals surface area contributed by atoms with Crippen molar-refractivity contribution in [1.82, 2.24) is 4.90 Å². The molecular weight excluding hydrogens is 370 g/mol. The average molecular weight is 380 g/mol. The van der Waals surface area contributed by atoms with Crippen molar-refractivity contribution < 1.29 is 9.59 Å². The average Bonchev–Trinajstić information content (AvgIpc) is 3.06. The summed E-state index contributed by atoms with van der Waals surface area (Å²) < 4.78 is 0.970. The number of benzene rings is 1. The van der Waals surface area contributed by atoms with Gasteiger partial charge in [-0.1, -0.05) is 34.1 Å². The third-order valence-electron chi connectivity index (χ3n) is 2.94. The Kier molecular flexibility index (Phi) is 4.28. The largest absolute Gasteiger partial charge is 0.293 e. The quantitative estimate of drug-likeness (QED) is 0.722. The molecule has 3 nitrogen and oxygen atoms in total. The molecule has 0 unspecified atom stereocenters. The highest BCUT2D eigenvalue weighted by atomic mass is 79.9. The zero-order valence-electron chi connectivity index (χ0n) is 10.8. The van der Waals surface area contributed by atoms with E-state index in [-0.39, 0.29) is 11.1 Å². The van der Waals surface area contributed by atoms with Crippen molar-refractivity contribution in [2.24, 2.45) is 0 Å². The molecule has 0 aliphatic carbocycles. The zero-order chi connectivity index (χ0) is 14.8. The van der Waals surface area contributed by atoms with Crippen LogP contribution < -0.4 is 0 Å². The summed E-state index contributed by atoms with van der Waals surface area (Å²) in [5.74, 6) is -0.221. The third kappa shape index (κ3) is 3.28. The van der Waals surface area contributed by atoms with Crippen molar-refractivity contribution in [3.8, 4) is 0 Å². The van der Waals surface area contributed by atoms with Crippen LogP contribution in [0.2, 0.25) is 0 Å². The number of thiophene rings is 1. The van der Waals surface area contributed by atoms with Gasteiger partial charge in [0.25, 0.3) is 11.1 Å². The fourth-order valence-electron chi connectivity index (χ4n) is 1.91. The Morgan fingerprint density at radius 2 is 1.90 bits per heavy atom. The molecule has 3 rings (SSSR count). The molecule has 0 saturated carbocycles. The first-order valence-corrected chi connectivity index (χ1v) is 8.66. The molecule has 2 aromatic rings. The third-order valence-corrected chi connectivity index (χ3v) is 5.20. The summed E-state index contributed by atoms with van der Waals surface area (Å²) in [6.45, 7) is 0.305. The summed E-state index contributed by atoms with van der Waals surface area (Å²) in [4.78, 5) is 27.1. The SMILES string of the molecule is O=C1S/C(=C\c2cccs2)C(=O)N1Cc1ccc(Br)cc1. The van der Waals surface area contributed by atoms with Crippen LogP contribution in [0.5, 0.6) is 0 Å². The van der Waals surface area contributed by atoms with Crippen LogP contribution in [0.25, 0.3) is 6.08 Å². The van der Waals surface area contributed by atoms with Gasteiger partial charge in [-0.3, -0.25) is 14.5 Å². The molecule has 0 atom stereocenters. The van der Waals surface area contributed by atoms with E-state index >= 15 is 0 Å². The summed E-state index contributed by atoms with van der Waals surface area (Å²) in [6.07, 6.45) is 1.77. The normalized spacial score (nSPS) is 17.0. The minimum absolute atomic E-state index is 0.217. The fraction of sp³-hybridized carbons (Fsp3) is 0.0667. The van der Waals surface area contributed by atoms with Crippen LogP contribution in [-0.4, -0.2) is 16.0 Å². The maximum Gasteiger partial charge on any atom is 0.293 e. The number of carbonyl (C=O) groups is 2. The highest BCUT2D eigenvalue weighted by Gasteiger charge is 2.34. The highest BCUT2D eigenvalue weighted by molar-refractivity contribution is 9.10. The van der Waals surface area contributed by atoms with E-state index in [2.05, 4.69) is 15.9 Å². The molecule has 1 aromatic carbocycles. The van der Waals surface area contributed by atoms with Crippen LogP contribution >= 0.6 is 39.0 Å². The van der Waals surface area contributed by atoms with Gasteiger partial charge in [-0.25, -0.2) is 0 Å². The second-order valence-electron chi connectivity index (χ2n) is 4.41. The van der Waals surface area contributed by atoms with E-state index in [4.69, 9.17) is 0 Å². The van der Waals surface area contributed by atoms with Crippen molar-refractivity contribution in [3.05, 3.63) is 61.6 Å². The molecular formula is C15H10BrNO2S2. The lowest BCUT2D eigenvalue weighted by Crippen LogP contribution is -2.27. The number of thioether (sulfide) groups is 1. The second-order valence-corrected chi connectivity index (χ2v) is 7.30. The monoisotopic (exact) mass is 379 g/mol. The van der Waals surface area contributed by atoms with Crippen molar-refractivity contribution in [3.63, 3.8) is 0 Å². The second kappa shape index (κ2) is 6.17. The standard InChI is InChI=1S/C15H10BrNO2S2/c16-11-5-3-10(4-6-11)9-17-14(18)13(21-15(17)19)8-12-2-1-7-20-12/h1-8H,9H2/b13-8-. The molecule has 0 spiro atoms. The maximum atomic E-state index is 12.3. The molecule has 1 aromatic heterocycles. The van der Waals surface area contributed by atoms with Gasteiger partial charge < -0.3 is 0 Å². The maximum absolute atomic E-state index is 12.3. The van der Waals surface area contributed by atoms with Gasteiger partial charge in [0.05, 0.1) is 11.4 Å². The topological polar surface area (TPSA) is 37.4 Å². The lowest BCUT2D eigenvalue weighted by molar-refractivity contribution is -0.123. The van der Waals surface area contributed by atoms with Gasteiger partial charge in [-0.15, -0.1) is 11.3 Å². The predicted octanol–water partition coefficient (Wildman–Crippen LogP) is 4.75. The summed E-state index contributed by atoms with van der Waals surface area (Å²) >= 11 is 5.91. The van der Waals surface area contributed by atoms with Gasteiger partial charge in [-0.2, -0.15) is 0 Å². The fourth-order valence-corrected chi connectivity index (χ4v) is 3.74. The predicted molar refractivity (Wildman–Crippen MR) is 90.0 cm³/mol. The minimum atomic E-state index is -0.221. The van der Waals surface area contributed by atoms with Crippen molar-refractivity contribution in [1.29, 1.82) is 0 Å². The minimum Gasteiger partial charge on any atom is -0.268 e. The molecule has 1 fully saturated rings. The van der Waals surface area contributed by atoms with Gasteiger partial charge in [0.2, 0.25) is 0 Å². The molecule has 2 heterocycles. The van der Waals surface area contributed by atoms with Crippen LogP contribution in [0.3, 0.4) is 0 Å². The lowest BCUT2D eigenvalue weighted by atomic mass is 10.2. The Morgan fingerprint density at radius 3 is 2.57 bits per heavy atom. The molecule has 106 valence electrons. The van der Waals surface area contributed by atoms with Crippen LogP contribution in [0.15, 0.2) is 51.2 Å². The Balaban J connectivity index is 1.79. The van der Waals surface area contributed by atoms with Crippen LogP contribution in [0.4, 0.5) is 4.79 Å².